The van der Waals surface area contributed by atoms with E-state index in [9.17, 15) is 5.26 Å². The van der Waals surface area contributed by atoms with Crippen molar-refractivity contribution >= 4 is 5.69 Å². The van der Waals surface area contributed by atoms with Crippen molar-refractivity contribution in [3.8, 4) is 11.8 Å². The van der Waals surface area contributed by atoms with Gasteiger partial charge in [0.05, 0.1) is 18.4 Å². The number of hydrogen-bond acceptors (Lipinski definition) is 3. The van der Waals surface area contributed by atoms with Gasteiger partial charge in [-0.05, 0) is 55.2 Å². The first kappa shape index (κ1) is 14.9. The highest BCUT2D eigenvalue weighted by atomic mass is 16.5. The molecule has 1 N–H and O–H groups in total. The minimum Gasteiger partial charge on any atom is -0.495 e. The highest BCUT2D eigenvalue weighted by Gasteiger charge is 2.09. The van der Waals surface area contributed by atoms with Gasteiger partial charge in [0, 0.05) is 6.54 Å². The highest BCUT2D eigenvalue weighted by Crippen LogP contribution is 2.28. The third-order valence-electron chi connectivity index (χ3n) is 3.77. The Bertz CT molecular complexity index is 699. The van der Waals surface area contributed by atoms with Crippen LogP contribution in [0.3, 0.4) is 0 Å². The van der Waals surface area contributed by atoms with Crippen molar-refractivity contribution < 1.29 is 4.74 Å². The third-order valence-corrected chi connectivity index (χ3v) is 3.77. The van der Waals surface area contributed by atoms with Gasteiger partial charge in [-0.2, -0.15) is 5.26 Å². The van der Waals surface area contributed by atoms with Crippen LogP contribution >= 0.6 is 0 Å². The molecule has 0 saturated carbocycles. The zero-order valence-corrected chi connectivity index (χ0v) is 12.9. The first-order valence-corrected chi connectivity index (χ1v) is 6.94. The van der Waals surface area contributed by atoms with E-state index in [0.29, 0.717) is 17.9 Å². The Labute approximate surface area is 126 Å². The number of nitrogens with zero attached hydrogens (tertiary/aromatic N) is 1. The molecule has 2 rings (SSSR count). The molecule has 0 fully saturated rings. The molecule has 0 atom stereocenters. The molecule has 0 saturated heterocycles. The minimum atomic E-state index is 0.593. The number of nitrogens with one attached hydrogen (secondary N) is 1. The number of para-hydroxylation sites is 1. The Morgan fingerprint density at radius 1 is 1.10 bits per heavy atom. The van der Waals surface area contributed by atoms with Gasteiger partial charge in [0.1, 0.15) is 11.8 Å². The molecule has 0 unspecified atom stereocenters. The SMILES string of the molecule is COc1cccc(C#N)c1NCc1cc(C)c(C)cc1C. The molecule has 0 aliphatic heterocycles. The standard InChI is InChI=1S/C18H20N2O/c1-12-8-14(3)16(9-13(12)2)11-20-18-15(10-19)6-5-7-17(18)21-4/h5-9,20H,11H2,1-4H3. The summed E-state index contributed by atoms with van der Waals surface area (Å²) < 4.78 is 5.34. The second-order valence-electron chi connectivity index (χ2n) is 5.21. The first-order chi connectivity index (χ1) is 10.1. The summed E-state index contributed by atoms with van der Waals surface area (Å²) in [6, 6.07) is 12.1. The number of rotatable bonds is 4. The molecule has 3 nitrogen and oxygen atoms in total. The molecular formula is C18H20N2O. The second-order valence-corrected chi connectivity index (χ2v) is 5.21. The average Bonchev–Trinajstić information content (AvgIpc) is 2.49. The number of hydrogen-bond donors (Lipinski definition) is 1. The predicted molar refractivity (Wildman–Crippen MR) is 85.7 cm³/mol. The molecule has 21 heavy (non-hydrogen) atoms. The van der Waals surface area contributed by atoms with Crippen LogP contribution in [0.25, 0.3) is 0 Å². The van der Waals surface area contributed by atoms with E-state index in [0.717, 1.165) is 5.69 Å². The van der Waals surface area contributed by atoms with Crippen LogP contribution in [0.5, 0.6) is 5.75 Å². The molecule has 0 aliphatic carbocycles. The van der Waals surface area contributed by atoms with E-state index in [4.69, 9.17) is 4.74 Å². The summed E-state index contributed by atoms with van der Waals surface area (Å²) >= 11 is 0. The molecule has 0 heterocycles. The summed E-state index contributed by atoms with van der Waals surface area (Å²) in [6.45, 7) is 7.01. The van der Waals surface area contributed by atoms with E-state index in [2.05, 4.69) is 44.3 Å². The predicted octanol–water partition coefficient (Wildman–Crippen LogP) is 4.10. The van der Waals surface area contributed by atoms with Crippen LogP contribution < -0.4 is 10.1 Å². The molecule has 0 radical (unpaired) electrons. The Morgan fingerprint density at radius 3 is 2.48 bits per heavy atom. The van der Waals surface area contributed by atoms with Gasteiger partial charge in [0.15, 0.2) is 0 Å². The lowest BCUT2D eigenvalue weighted by atomic mass is 10.0. The molecule has 0 bridgehead atoms. The number of ether oxygens (including phenoxy) is 1. The summed E-state index contributed by atoms with van der Waals surface area (Å²) in [5.41, 5.74) is 6.40. The van der Waals surface area contributed by atoms with Gasteiger partial charge < -0.3 is 10.1 Å². The van der Waals surface area contributed by atoms with Gasteiger partial charge in [0.2, 0.25) is 0 Å². The lowest BCUT2D eigenvalue weighted by Gasteiger charge is -2.15. The number of aryl methyl sites for hydroxylation is 3. The molecular weight excluding hydrogens is 260 g/mol. The van der Waals surface area contributed by atoms with E-state index in [1.807, 2.05) is 12.1 Å². The van der Waals surface area contributed by atoms with Crippen LogP contribution in [-0.4, -0.2) is 7.11 Å². The highest BCUT2D eigenvalue weighted by molar-refractivity contribution is 5.66. The zero-order valence-electron chi connectivity index (χ0n) is 12.9. The Kier molecular flexibility index (Phi) is 4.49. The first-order valence-electron chi connectivity index (χ1n) is 6.94. The van der Waals surface area contributed by atoms with Crippen molar-refractivity contribution in [1.82, 2.24) is 0 Å². The fourth-order valence-electron chi connectivity index (χ4n) is 2.37. The Morgan fingerprint density at radius 2 is 1.81 bits per heavy atom. The van der Waals surface area contributed by atoms with E-state index in [1.165, 1.54) is 22.3 Å². The smallest absolute Gasteiger partial charge is 0.143 e. The van der Waals surface area contributed by atoms with Gasteiger partial charge >= 0.3 is 0 Å². The molecule has 0 aliphatic rings. The fraction of sp³-hybridized carbons (Fsp3) is 0.278. The maximum absolute atomic E-state index is 9.23. The van der Waals surface area contributed by atoms with Crippen LogP contribution in [0.1, 0.15) is 27.8 Å². The van der Waals surface area contributed by atoms with Crippen LogP contribution in [0.4, 0.5) is 5.69 Å². The van der Waals surface area contributed by atoms with Gasteiger partial charge in [-0.1, -0.05) is 18.2 Å². The van der Waals surface area contributed by atoms with Crippen molar-refractivity contribution in [3.63, 3.8) is 0 Å². The maximum Gasteiger partial charge on any atom is 0.143 e. The molecule has 3 heteroatoms. The molecule has 2 aromatic carbocycles. The second kappa shape index (κ2) is 6.32. The van der Waals surface area contributed by atoms with Crippen molar-refractivity contribution in [2.45, 2.75) is 27.3 Å². The van der Waals surface area contributed by atoms with E-state index in [1.54, 1.807) is 13.2 Å². The van der Waals surface area contributed by atoms with Crippen LogP contribution in [0.15, 0.2) is 30.3 Å². The van der Waals surface area contributed by atoms with Crippen molar-refractivity contribution in [2.75, 3.05) is 12.4 Å². The number of methoxy groups -OCH3 is 1. The van der Waals surface area contributed by atoms with Crippen molar-refractivity contribution in [1.29, 1.82) is 5.26 Å². The van der Waals surface area contributed by atoms with Gasteiger partial charge in [0.25, 0.3) is 0 Å². The lowest BCUT2D eigenvalue weighted by Crippen LogP contribution is -2.05. The normalized spacial score (nSPS) is 10.0. The van der Waals surface area contributed by atoms with Gasteiger partial charge in [-0.3, -0.25) is 0 Å². The van der Waals surface area contributed by atoms with Gasteiger partial charge in [-0.25, -0.2) is 0 Å². The summed E-state index contributed by atoms with van der Waals surface area (Å²) in [6.07, 6.45) is 0. The molecule has 0 spiro atoms. The largest absolute Gasteiger partial charge is 0.495 e. The summed E-state index contributed by atoms with van der Waals surface area (Å²) in [7, 11) is 1.61. The van der Waals surface area contributed by atoms with E-state index in [-0.39, 0.29) is 0 Å². The van der Waals surface area contributed by atoms with Crippen LogP contribution in [0.2, 0.25) is 0 Å². The monoisotopic (exact) mass is 280 g/mol. The quantitative estimate of drug-likeness (QED) is 0.917. The minimum absolute atomic E-state index is 0.593. The van der Waals surface area contributed by atoms with Gasteiger partial charge in [-0.15, -0.1) is 0 Å². The number of benzene rings is 2. The summed E-state index contributed by atoms with van der Waals surface area (Å²) in [5.74, 6) is 0.690. The molecule has 0 amide bonds. The summed E-state index contributed by atoms with van der Waals surface area (Å²) in [4.78, 5) is 0. The lowest BCUT2D eigenvalue weighted by molar-refractivity contribution is 0.416. The zero-order chi connectivity index (χ0) is 15.4. The Hall–Kier alpha value is -2.47. The molecule has 2 aromatic rings. The topological polar surface area (TPSA) is 45.0 Å². The van der Waals surface area contributed by atoms with E-state index < -0.39 is 0 Å². The maximum atomic E-state index is 9.23. The fourth-order valence-corrected chi connectivity index (χ4v) is 2.37. The van der Waals surface area contributed by atoms with Crippen LogP contribution in [0, 0.1) is 32.1 Å². The van der Waals surface area contributed by atoms with Crippen molar-refractivity contribution in [3.05, 3.63) is 58.1 Å². The van der Waals surface area contributed by atoms with Crippen molar-refractivity contribution in [2.24, 2.45) is 0 Å². The molecule has 108 valence electrons. The average molecular weight is 280 g/mol. The molecule has 0 aromatic heterocycles. The number of nitriles is 1. The summed E-state index contributed by atoms with van der Waals surface area (Å²) in [5, 5.41) is 12.6. The Balaban J connectivity index is 2.29. The number of anilines is 1. The third kappa shape index (κ3) is 3.17. The van der Waals surface area contributed by atoms with Crippen LogP contribution in [-0.2, 0) is 6.54 Å². The van der Waals surface area contributed by atoms with E-state index >= 15 is 0 Å².